The maximum absolute atomic E-state index is 11.7. The molecule has 0 saturated heterocycles. The van der Waals surface area contributed by atoms with Crippen molar-refractivity contribution >= 4 is 23.5 Å². The summed E-state index contributed by atoms with van der Waals surface area (Å²) in [4.78, 5) is 33.7. The van der Waals surface area contributed by atoms with E-state index in [0.717, 1.165) is 5.69 Å². The summed E-state index contributed by atoms with van der Waals surface area (Å²) in [6.45, 7) is -0.0496. The molecule has 7 heteroatoms. The van der Waals surface area contributed by atoms with Crippen LogP contribution in [0.4, 0.5) is 5.69 Å². The van der Waals surface area contributed by atoms with Crippen LogP contribution in [0.25, 0.3) is 0 Å². The first kappa shape index (κ1) is 16.5. The monoisotopic (exact) mass is 294 g/mol. The van der Waals surface area contributed by atoms with Gasteiger partial charge >= 0.3 is 11.9 Å². The predicted octanol–water partition coefficient (Wildman–Crippen LogP) is 0.621. The van der Waals surface area contributed by atoms with Crippen LogP contribution in [0.2, 0.25) is 0 Å². The lowest BCUT2D eigenvalue weighted by atomic mass is 10.1. The molecule has 3 N–H and O–H groups in total. The third kappa shape index (κ3) is 6.42. The first-order chi connectivity index (χ1) is 10.0. The Bertz CT molecular complexity index is 489. The Labute approximate surface area is 122 Å². The molecule has 0 fully saturated rings. The molecule has 0 aliphatic heterocycles. The molecule has 0 unspecified atom stereocenters. The second kappa shape index (κ2) is 8.57. The highest BCUT2D eigenvalue weighted by atomic mass is 16.5. The molecule has 1 rings (SSSR count). The van der Waals surface area contributed by atoms with Crippen LogP contribution < -0.4 is 10.6 Å². The van der Waals surface area contributed by atoms with Crippen molar-refractivity contribution in [2.24, 2.45) is 0 Å². The summed E-state index contributed by atoms with van der Waals surface area (Å²) in [5.41, 5.74) is 0.758. The van der Waals surface area contributed by atoms with Gasteiger partial charge in [0.1, 0.15) is 6.04 Å². The zero-order valence-corrected chi connectivity index (χ0v) is 11.7. The SMILES string of the molecule is COC(=O)CC[C@@H](NC(=O)CNc1ccccc1)C(=O)O. The Morgan fingerprint density at radius 1 is 1.24 bits per heavy atom. The van der Waals surface area contributed by atoms with E-state index in [2.05, 4.69) is 15.4 Å². The lowest BCUT2D eigenvalue weighted by molar-refractivity contribution is -0.143. The quantitative estimate of drug-likeness (QED) is 0.607. The van der Waals surface area contributed by atoms with Gasteiger partial charge < -0.3 is 20.5 Å². The van der Waals surface area contributed by atoms with Crippen LogP contribution in [-0.4, -0.2) is 42.6 Å². The predicted molar refractivity (Wildman–Crippen MR) is 75.7 cm³/mol. The Morgan fingerprint density at radius 3 is 2.48 bits per heavy atom. The number of hydrogen-bond acceptors (Lipinski definition) is 5. The molecule has 7 nitrogen and oxygen atoms in total. The van der Waals surface area contributed by atoms with Crippen molar-refractivity contribution < 1.29 is 24.2 Å². The summed E-state index contributed by atoms with van der Waals surface area (Å²) in [5, 5.41) is 14.2. The summed E-state index contributed by atoms with van der Waals surface area (Å²) in [6.07, 6.45) is -0.0844. The molecule has 0 heterocycles. The lowest BCUT2D eigenvalue weighted by Gasteiger charge is -2.14. The van der Waals surface area contributed by atoms with Gasteiger partial charge in [-0.3, -0.25) is 9.59 Å². The number of rotatable bonds is 8. The minimum absolute atomic E-state index is 0.0148. The Kier molecular flexibility index (Phi) is 6.73. The summed E-state index contributed by atoms with van der Waals surface area (Å²) in [7, 11) is 1.22. The minimum atomic E-state index is -1.19. The fourth-order valence-electron chi connectivity index (χ4n) is 1.61. The molecular weight excluding hydrogens is 276 g/mol. The molecular formula is C14H18N2O5. The van der Waals surface area contributed by atoms with Crippen molar-refractivity contribution in [1.29, 1.82) is 0 Å². The van der Waals surface area contributed by atoms with E-state index in [4.69, 9.17) is 5.11 Å². The maximum Gasteiger partial charge on any atom is 0.326 e. The first-order valence-electron chi connectivity index (χ1n) is 6.41. The molecule has 1 amide bonds. The van der Waals surface area contributed by atoms with Gasteiger partial charge in [-0.15, -0.1) is 0 Å². The lowest BCUT2D eigenvalue weighted by Crippen LogP contribution is -2.43. The number of esters is 1. The van der Waals surface area contributed by atoms with Crippen molar-refractivity contribution in [3.8, 4) is 0 Å². The van der Waals surface area contributed by atoms with E-state index >= 15 is 0 Å². The Balaban J connectivity index is 2.41. The Hall–Kier alpha value is -2.57. The molecule has 0 aliphatic carbocycles. The van der Waals surface area contributed by atoms with Crippen LogP contribution >= 0.6 is 0 Å². The summed E-state index contributed by atoms with van der Waals surface area (Å²) >= 11 is 0. The number of anilines is 1. The normalized spacial score (nSPS) is 11.3. The topological polar surface area (TPSA) is 105 Å². The van der Waals surface area contributed by atoms with Crippen molar-refractivity contribution in [3.63, 3.8) is 0 Å². The highest BCUT2D eigenvalue weighted by Gasteiger charge is 2.20. The number of benzene rings is 1. The second-order valence-electron chi connectivity index (χ2n) is 4.29. The van der Waals surface area contributed by atoms with Gasteiger partial charge in [0.2, 0.25) is 5.91 Å². The van der Waals surface area contributed by atoms with Gasteiger partial charge in [0.15, 0.2) is 0 Å². The third-order valence-electron chi connectivity index (χ3n) is 2.72. The van der Waals surface area contributed by atoms with E-state index in [1.807, 2.05) is 18.2 Å². The maximum atomic E-state index is 11.7. The molecule has 0 spiro atoms. The number of amides is 1. The van der Waals surface area contributed by atoms with Crippen molar-refractivity contribution in [3.05, 3.63) is 30.3 Å². The number of carboxylic acid groups (broad SMARTS) is 1. The van der Waals surface area contributed by atoms with Crippen molar-refractivity contribution in [2.75, 3.05) is 19.0 Å². The van der Waals surface area contributed by atoms with Crippen LogP contribution in [0.15, 0.2) is 30.3 Å². The number of hydrogen-bond donors (Lipinski definition) is 3. The number of nitrogens with one attached hydrogen (secondary N) is 2. The van der Waals surface area contributed by atoms with E-state index in [-0.39, 0.29) is 19.4 Å². The summed E-state index contributed by atoms with van der Waals surface area (Å²) in [6, 6.07) is 7.94. The van der Waals surface area contributed by atoms with Crippen LogP contribution in [-0.2, 0) is 19.1 Å². The average molecular weight is 294 g/mol. The van der Waals surface area contributed by atoms with Crippen LogP contribution in [0.1, 0.15) is 12.8 Å². The molecule has 0 aliphatic rings. The zero-order chi connectivity index (χ0) is 15.7. The van der Waals surface area contributed by atoms with Gasteiger partial charge in [0, 0.05) is 12.1 Å². The third-order valence-corrected chi connectivity index (χ3v) is 2.72. The van der Waals surface area contributed by atoms with Crippen LogP contribution in [0.5, 0.6) is 0 Å². The van der Waals surface area contributed by atoms with Gasteiger partial charge in [-0.05, 0) is 18.6 Å². The number of para-hydroxylation sites is 1. The zero-order valence-electron chi connectivity index (χ0n) is 11.7. The van der Waals surface area contributed by atoms with E-state index in [1.165, 1.54) is 7.11 Å². The fraction of sp³-hybridized carbons (Fsp3) is 0.357. The van der Waals surface area contributed by atoms with Gasteiger partial charge in [-0.1, -0.05) is 18.2 Å². The smallest absolute Gasteiger partial charge is 0.326 e. The minimum Gasteiger partial charge on any atom is -0.480 e. The van der Waals surface area contributed by atoms with E-state index in [0.29, 0.717) is 0 Å². The van der Waals surface area contributed by atoms with Gasteiger partial charge in [0.05, 0.1) is 13.7 Å². The average Bonchev–Trinajstić information content (AvgIpc) is 2.49. The second-order valence-corrected chi connectivity index (χ2v) is 4.29. The highest BCUT2D eigenvalue weighted by Crippen LogP contribution is 2.04. The van der Waals surface area contributed by atoms with Gasteiger partial charge in [-0.2, -0.15) is 0 Å². The first-order valence-corrected chi connectivity index (χ1v) is 6.41. The van der Waals surface area contributed by atoms with E-state index in [9.17, 15) is 14.4 Å². The number of carbonyl (C=O) groups is 3. The Morgan fingerprint density at radius 2 is 1.90 bits per heavy atom. The van der Waals surface area contributed by atoms with E-state index in [1.54, 1.807) is 12.1 Å². The molecule has 1 aromatic rings. The molecule has 21 heavy (non-hydrogen) atoms. The van der Waals surface area contributed by atoms with Crippen molar-refractivity contribution in [2.45, 2.75) is 18.9 Å². The van der Waals surface area contributed by atoms with Crippen molar-refractivity contribution in [1.82, 2.24) is 5.32 Å². The largest absolute Gasteiger partial charge is 0.480 e. The molecule has 0 radical (unpaired) electrons. The van der Waals surface area contributed by atoms with E-state index < -0.39 is 23.9 Å². The summed E-state index contributed by atoms with van der Waals surface area (Å²) < 4.78 is 4.43. The van der Waals surface area contributed by atoms with Gasteiger partial charge in [0.25, 0.3) is 0 Å². The molecule has 114 valence electrons. The fourth-order valence-corrected chi connectivity index (χ4v) is 1.61. The molecule has 0 saturated carbocycles. The number of aliphatic carboxylic acids is 1. The number of methoxy groups -OCH3 is 1. The standard InChI is InChI=1S/C14H18N2O5/c1-21-13(18)8-7-11(14(19)20)16-12(17)9-15-10-5-3-2-4-6-10/h2-6,11,15H,7-9H2,1H3,(H,16,17)(H,19,20)/t11-/m1/s1. The van der Waals surface area contributed by atoms with Gasteiger partial charge in [-0.25, -0.2) is 4.79 Å². The number of ether oxygens (including phenoxy) is 1. The van der Waals surface area contributed by atoms with Crippen LogP contribution in [0.3, 0.4) is 0 Å². The summed E-state index contributed by atoms with van der Waals surface area (Å²) in [5.74, 6) is -2.17. The molecule has 0 aromatic heterocycles. The molecule has 1 atom stereocenters. The number of carboxylic acids is 1. The molecule has 0 bridgehead atoms. The number of carbonyl (C=O) groups excluding carboxylic acids is 2. The highest BCUT2D eigenvalue weighted by molar-refractivity contribution is 5.86. The molecule has 1 aromatic carbocycles. The van der Waals surface area contributed by atoms with Crippen LogP contribution in [0, 0.1) is 0 Å².